The third-order valence-corrected chi connectivity index (χ3v) is 4.90. The number of carbonyl (C=O) groups is 1. The van der Waals surface area contributed by atoms with E-state index in [2.05, 4.69) is 26.6 Å². The summed E-state index contributed by atoms with van der Waals surface area (Å²) in [6.07, 6.45) is 8.18. The summed E-state index contributed by atoms with van der Waals surface area (Å²) in [5.74, 6) is 1.27. The van der Waals surface area contributed by atoms with Crippen LogP contribution in [-0.4, -0.2) is 38.8 Å². The van der Waals surface area contributed by atoms with Gasteiger partial charge in [-0.2, -0.15) is 11.8 Å². The summed E-state index contributed by atoms with van der Waals surface area (Å²) in [7, 11) is 0. The zero-order valence-electron chi connectivity index (χ0n) is 13.8. The lowest BCUT2D eigenvalue weighted by molar-refractivity contribution is 0.0528. The molecule has 0 aromatic carbocycles. The number of rotatable bonds is 5. The Hall–Kier alpha value is -1.17. The number of thioether (sulfide) groups is 1. The number of amides is 1. The molecule has 0 aliphatic carbocycles. The van der Waals surface area contributed by atoms with Crippen LogP contribution < -0.4 is 5.32 Å². The first-order chi connectivity index (χ1) is 10.4. The van der Waals surface area contributed by atoms with Crippen LogP contribution in [-0.2, 0) is 17.7 Å². The molecule has 1 atom stereocenters. The summed E-state index contributed by atoms with van der Waals surface area (Å²) in [5.41, 5.74) is 0.714. The molecule has 1 fully saturated rings. The van der Waals surface area contributed by atoms with E-state index in [1.807, 2.05) is 33.3 Å². The number of ether oxygens (including phenoxy) is 1. The number of aromatic nitrogens is 2. The van der Waals surface area contributed by atoms with Crippen LogP contribution in [0.3, 0.4) is 0 Å². The summed E-state index contributed by atoms with van der Waals surface area (Å²) in [6.45, 7) is 7.18. The maximum Gasteiger partial charge on any atom is 0.407 e. The van der Waals surface area contributed by atoms with Gasteiger partial charge in [-0.05, 0) is 39.4 Å². The molecule has 0 radical (unpaired) electrons. The Labute approximate surface area is 137 Å². The molecule has 1 aliphatic rings. The molecule has 1 aromatic heterocycles. The highest BCUT2D eigenvalue weighted by atomic mass is 32.2. The molecular weight excluding hydrogens is 298 g/mol. The van der Waals surface area contributed by atoms with Crippen molar-refractivity contribution in [1.29, 1.82) is 0 Å². The summed E-state index contributed by atoms with van der Waals surface area (Å²) >= 11 is 2.07. The fraction of sp³-hybridized carbons (Fsp3) is 0.750. The number of nitrogens with zero attached hydrogens (tertiary/aromatic N) is 2. The lowest BCUT2D eigenvalue weighted by atomic mass is 10.2. The first-order valence-electron chi connectivity index (χ1n) is 8.01. The summed E-state index contributed by atoms with van der Waals surface area (Å²) in [6, 6.07) is 0. The monoisotopic (exact) mass is 325 g/mol. The molecule has 0 saturated carbocycles. The average Bonchev–Trinajstić information content (AvgIpc) is 2.85. The fourth-order valence-corrected chi connectivity index (χ4v) is 3.80. The molecule has 6 heteroatoms. The summed E-state index contributed by atoms with van der Waals surface area (Å²) in [4.78, 5) is 15.9. The Bertz CT molecular complexity index is 476. The molecule has 1 unspecified atom stereocenters. The van der Waals surface area contributed by atoms with Crippen molar-refractivity contribution in [2.45, 2.75) is 63.9 Å². The normalized spacial score (nSPS) is 19.0. The lowest BCUT2D eigenvalue weighted by Gasteiger charge is -2.22. The van der Waals surface area contributed by atoms with Gasteiger partial charge in [-0.1, -0.05) is 6.42 Å². The number of hydrogen-bond acceptors (Lipinski definition) is 4. The molecule has 0 bridgehead atoms. The molecule has 1 aromatic rings. The van der Waals surface area contributed by atoms with Gasteiger partial charge in [0.1, 0.15) is 5.60 Å². The smallest absolute Gasteiger partial charge is 0.407 e. The van der Waals surface area contributed by atoms with Gasteiger partial charge >= 0.3 is 6.09 Å². The van der Waals surface area contributed by atoms with Gasteiger partial charge in [-0.15, -0.1) is 0 Å². The van der Waals surface area contributed by atoms with Crippen LogP contribution in [0.5, 0.6) is 0 Å². The maximum atomic E-state index is 11.6. The van der Waals surface area contributed by atoms with Crippen LogP contribution in [0.2, 0.25) is 0 Å². The SMILES string of the molecule is CC(C)(C)OC(=O)NCCc1cncn1CC1CCCCS1. The number of alkyl carbamates (subject to hydrolysis) is 1. The van der Waals surface area contributed by atoms with Gasteiger partial charge in [0, 0.05) is 36.7 Å². The van der Waals surface area contributed by atoms with E-state index >= 15 is 0 Å². The predicted octanol–water partition coefficient (Wildman–Crippen LogP) is 3.24. The van der Waals surface area contributed by atoms with Gasteiger partial charge in [-0.3, -0.25) is 0 Å². The minimum Gasteiger partial charge on any atom is -0.444 e. The molecule has 124 valence electrons. The highest BCUT2D eigenvalue weighted by molar-refractivity contribution is 7.99. The van der Waals surface area contributed by atoms with Crippen molar-refractivity contribution in [2.24, 2.45) is 0 Å². The van der Waals surface area contributed by atoms with E-state index < -0.39 is 5.60 Å². The van der Waals surface area contributed by atoms with Gasteiger partial charge in [0.05, 0.1) is 6.33 Å². The van der Waals surface area contributed by atoms with Crippen LogP contribution in [0.15, 0.2) is 12.5 Å². The largest absolute Gasteiger partial charge is 0.444 e. The van der Waals surface area contributed by atoms with Gasteiger partial charge in [-0.25, -0.2) is 9.78 Å². The second-order valence-electron chi connectivity index (χ2n) is 6.70. The lowest BCUT2D eigenvalue weighted by Crippen LogP contribution is -2.33. The molecule has 1 saturated heterocycles. The van der Waals surface area contributed by atoms with E-state index in [9.17, 15) is 4.79 Å². The predicted molar refractivity (Wildman–Crippen MR) is 90.3 cm³/mol. The Balaban J connectivity index is 1.76. The zero-order valence-corrected chi connectivity index (χ0v) is 14.6. The van der Waals surface area contributed by atoms with Crippen molar-refractivity contribution < 1.29 is 9.53 Å². The zero-order chi connectivity index (χ0) is 16.0. The van der Waals surface area contributed by atoms with Crippen LogP contribution >= 0.6 is 11.8 Å². The van der Waals surface area contributed by atoms with E-state index in [0.717, 1.165) is 13.0 Å². The van der Waals surface area contributed by atoms with Crippen LogP contribution in [0.1, 0.15) is 45.7 Å². The van der Waals surface area contributed by atoms with E-state index in [-0.39, 0.29) is 6.09 Å². The molecule has 5 nitrogen and oxygen atoms in total. The Morgan fingerprint density at radius 2 is 2.32 bits per heavy atom. The fourth-order valence-electron chi connectivity index (χ4n) is 2.50. The van der Waals surface area contributed by atoms with Crippen molar-refractivity contribution in [2.75, 3.05) is 12.3 Å². The van der Waals surface area contributed by atoms with Gasteiger partial charge in [0.2, 0.25) is 0 Å². The first-order valence-corrected chi connectivity index (χ1v) is 9.06. The van der Waals surface area contributed by atoms with Gasteiger partial charge in [0.15, 0.2) is 0 Å². The van der Waals surface area contributed by atoms with E-state index in [1.165, 1.54) is 30.7 Å². The summed E-state index contributed by atoms with van der Waals surface area (Å²) < 4.78 is 7.46. The first kappa shape index (κ1) is 17.2. The van der Waals surface area contributed by atoms with Crippen molar-refractivity contribution in [3.8, 4) is 0 Å². The minimum absolute atomic E-state index is 0.360. The number of imidazole rings is 1. The molecule has 1 N–H and O–H groups in total. The maximum absolute atomic E-state index is 11.6. The Morgan fingerprint density at radius 1 is 1.50 bits per heavy atom. The third-order valence-electron chi connectivity index (χ3n) is 3.52. The van der Waals surface area contributed by atoms with Crippen molar-refractivity contribution >= 4 is 17.9 Å². The Morgan fingerprint density at radius 3 is 3.00 bits per heavy atom. The van der Waals surface area contributed by atoms with Crippen molar-refractivity contribution in [3.63, 3.8) is 0 Å². The van der Waals surface area contributed by atoms with E-state index in [0.29, 0.717) is 11.8 Å². The molecule has 2 heterocycles. The highest BCUT2D eigenvalue weighted by Gasteiger charge is 2.17. The molecule has 1 aliphatic heterocycles. The quantitative estimate of drug-likeness (QED) is 0.903. The molecule has 1 amide bonds. The Kier molecular flexibility index (Phi) is 6.17. The summed E-state index contributed by atoms with van der Waals surface area (Å²) in [5, 5.41) is 3.50. The standard InChI is InChI=1S/C16H27N3O2S/c1-16(2,3)21-15(20)18-8-7-13-10-17-12-19(13)11-14-6-4-5-9-22-14/h10,12,14H,4-9,11H2,1-3H3,(H,18,20). The van der Waals surface area contributed by atoms with Crippen LogP contribution in [0.25, 0.3) is 0 Å². The molecular formula is C16H27N3O2S. The van der Waals surface area contributed by atoms with E-state index in [1.54, 1.807) is 0 Å². The molecule has 0 spiro atoms. The topological polar surface area (TPSA) is 56.1 Å². The average molecular weight is 325 g/mol. The van der Waals surface area contributed by atoms with Gasteiger partial charge in [0.25, 0.3) is 0 Å². The highest BCUT2D eigenvalue weighted by Crippen LogP contribution is 2.26. The number of carbonyl (C=O) groups excluding carboxylic acids is 1. The number of nitrogens with one attached hydrogen (secondary N) is 1. The van der Waals surface area contributed by atoms with Crippen molar-refractivity contribution in [3.05, 3.63) is 18.2 Å². The molecule has 22 heavy (non-hydrogen) atoms. The van der Waals surface area contributed by atoms with Crippen molar-refractivity contribution in [1.82, 2.24) is 14.9 Å². The van der Waals surface area contributed by atoms with Crippen LogP contribution in [0.4, 0.5) is 4.79 Å². The van der Waals surface area contributed by atoms with Gasteiger partial charge < -0.3 is 14.6 Å². The number of hydrogen-bond donors (Lipinski definition) is 1. The third kappa shape index (κ3) is 5.91. The van der Waals surface area contributed by atoms with Crippen LogP contribution in [0, 0.1) is 0 Å². The minimum atomic E-state index is -0.454. The van der Waals surface area contributed by atoms with E-state index in [4.69, 9.17) is 4.74 Å². The second kappa shape index (κ2) is 7.90. The molecule has 2 rings (SSSR count). The second-order valence-corrected chi connectivity index (χ2v) is 8.11.